The van der Waals surface area contributed by atoms with Crippen LogP contribution >= 0.6 is 0 Å². The Bertz CT molecular complexity index is 417. The number of amides is 2. The number of carbonyl (C=O) groups excluding carboxylic acids is 1. The predicted molar refractivity (Wildman–Crippen MR) is 73.4 cm³/mol. The molecular formula is C15H22N2O. The van der Waals surface area contributed by atoms with Crippen LogP contribution in [0.25, 0.3) is 0 Å². The summed E-state index contributed by atoms with van der Waals surface area (Å²) in [6.45, 7) is 6.69. The molecular weight excluding hydrogens is 224 g/mol. The highest BCUT2D eigenvalue weighted by atomic mass is 16.2. The SMILES string of the molecule is Cc1ccccc1CNC(=O)N1CCCC(C)C1. The zero-order chi connectivity index (χ0) is 13.0. The minimum Gasteiger partial charge on any atom is -0.334 e. The van der Waals surface area contributed by atoms with E-state index in [0.29, 0.717) is 12.5 Å². The zero-order valence-electron chi connectivity index (χ0n) is 11.3. The van der Waals surface area contributed by atoms with Gasteiger partial charge in [-0.15, -0.1) is 0 Å². The number of urea groups is 1. The predicted octanol–water partition coefficient (Wildman–Crippen LogP) is 2.94. The average Bonchev–Trinajstić information content (AvgIpc) is 2.37. The van der Waals surface area contributed by atoms with Crippen LogP contribution in [0.2, 0.25) is 0 Å². The van der Waals surface area contributed by atoms with Gasteiger partial charge in [0.15, 0.2) is 0 Å². The fourth-order valence-corrected chi connectivity index (χ4v) is 2.46. The third-order valence-electron chi connectivity index (χ3n) is 3.64. The fourth-order valence-electron chi connectivity index (χ4n) is 2.46. The van der Waals surface area contributed by atoms with E-state index in [1.807, 2.05) is 17.0 Å². The number of hydrogen-bond donors (Lipinski definition) is 1. The molecule has 0 saturated carbocycles. The Morgan fingerprint density at radius 1 is 1.44 bits per heavy atom. The van der Waals surface area contributed by atoms with Crippen molar-refractivity contribution in [3.63, 3.8) is 0 Å². The molecule has 1 aliphatic rings. The van der Waals surface area contributed by atoms with E-state index in [9.17, 15) is 4.79 Å². The van der Waals surface area contributed by atoms with Crippen molar-refractivity contribution in [3.8, 4) is 0 Å². The molecule has 0 bridgehead atoms. The largest absolute Gasteiger partial charge is 0.334 e. The molecule has 1 atom stereocenters. The monoisotopic (exact) mass is 246 g/mol. The maximum Gasteiger partial charge on any atom is 0.317 e. The fraction of sp³-hybridized carbons (Fsp3) is 0.533. The molecule has 1 heterocycles. The maximum absolute atomic E-state index is 12.0. The number of carbonyl (C=O) groups is 1. The van der Waals surface area contributed by atoms with E-state index in [0.717, 1.165) is 19.5 Å². The van der Waals surface area contributed by atoms with E-state index in [-0.39, 0.29) is 6.03 Å². The van der Waals surface area contributed by atoms with Gasteiger partial charge in [-0.3, -0.25) is 0 Å². The Balaban J connectivity index is 1.86. The van der Waals surface area contributed by atoms with Gasteiger partial charge in [0, 0.05) is 19.6 Å². The van der Waals surface area contributed by atoms with Gasteiger partial charge in [-0.05, 0) is 36.8 Å². The van der Waals surface area contributed by atoms with Crippen LogP contribution < -0.4 is 5.32 Å². The summed E-state index contributed by atoms with van der Waals surface area (Å²) in [5.41, 5.74) is 2.42. The molecule has 1 fully saturated rings. The molecule has 3 heteroatoms. The number of benzene rings is 1. The molecule has 1 aliphatic heterocycles. The topological polar surface area (TPSA) is 32.3 Å². The van der Waals surface area contributed by atoms with Crippen molar-refractivity contribution in [2.75, 3.05) is 13.1 Å². The van der Waals surface area contributed by atoms with Crippen LogP contribution in [0.15, 0.2) is 24.3 Å². The van der Waals surface area contributed by atoms with Crippen LogP contribution in [0, 0.1) is 12.8 Å². The second kappa shape index (κ2) is 5.89. The third kappa shape index (κ3) is 3.25. The summed E-state index contributed by atoms with van der Waals surface area (Å²) in [7, 11) is 0. The van der Waals surface area contributed by atoms with E-state index >= 15 is 0 Å². The molecule has 98 valence electrons. The van der Waals surface area contributed by atoms with Crippen LogP contribution in [0.1, 0.15) is 30.9 Å². The summed E-state index contributed by atoms with van der Waals surface area (Å²) in [6.07, 6.45) is 2.36. The molecule has 2 rings (SSSR count). The normalized spacial score (nSPS) is 19.7. The molecule has 1 N–H and O–H groups in total. The molecule has 1 aromatic carbocycles. The van der Waals surface area contributed by atoms with Crippen LogP contribution in [0.5, 0.6) is 0 Å². The number of nitrogens with zero attached hydrogens (tertiary/aromatic N) is 1. The van der Waals surface area contributed by atoms with Crippen molar-refractivity contribution in [2.45, 2.75) is 33.2 Å². The third-order valence-corrected chi connectivity index (χ3v) is 3.64. The van der Waals surface area contributed by atoms with Gasteiger partial charge in [-0.25, -0.2) is 4.79 Å². The lowest BCUT2D eigenvalue weighted by molar-refractivity contribution is 0.169. The summed E-state index contributed by atoms with van der Waals surface area (Å²) >= 11 is 0. The Morgan fingerprint density at radius 3 is 2.94 bits per heavy atom. The molecule has 0 aliphatic carbocycles. The van der Waals surface area contributed by atoms with E-state index in [2.05, 4.69) is 31.3 Å². The zero-order valence-corrected chi connectivity index (χ0v) is 11.3. The Hall–Kier alpha value is -1.51. The van der Waals surface area contributed by atoms with Gasteiger partial charge in [0.25, 0.3) is 0 Å². The number of likely N-dealkylation sites (tertiary alicyclic amines) is 1. The lowest BCUT2D eigenvalue weighted by atomic mass is 10.0. The summed E-state index contributed by atoms with van der Waals surface area (Å²) in [5.74, 6) is 0.628. The smallest absolute Gasteiger partial charge is 0.317 e. The van der Waals surface area contributed by atoms with Crippen LogP contribution in [-0.2, 0) is 6.54 Å². The summed E-state index contributed by atoms with van der Waals surface area (Å²) in [6, 6.07) is 8.24. The van der Waals surface area contributed by atoms with Gasteiger partial charge in [0.1, 0.15) is 0 Å². The van der Waals surface area contributed by atoms with Crippen molar-refractivity contribution in [1.82, 2.24) is 10.2 Å². The van der Waals surface area contributed by atoms with Crippen LogP contribution in [-0.4, -0.2) is 24.0 Å². The standard InChI is InChI=1S/C15H22N2O/c1-12-6-5-9-17(11-12)15(18)16-10-14-8-4-3-7-13(14)2/h3-4,7-8,12H,5-6,9-11H2,1-2H3,(H,16,18). The molecule has 1 saturated heterocycles. The summed E-state index contributed by atoms with van der Waals surface area (Å²) < 4.78 is 0. The quantitative estimate of drug-likeness (QED) is 0.855. The van der Waals surface area contributed by atoms with Crippen molar-refractivity contribution >= 4 is 6.03 Å². The number of hydrogen-bond acceptors (Lipinski definition) is 1. The summed E-state index contributed by atoms with van der Waals surface area (Å²) in [5, 5.41) is 3.02. The molecule has 0 radical (unpaired) electrons. The van der Waals surface area contributed by atoms with Crippen LogP contribution in [0.3, 0.4) is 0 Å². The van der Waals surface area contributed by atoms with Gasteiger partial charge in [0.05, 0.1) is 0 Å². The number of piperidine rings is 1. The number of nitrogens with one attached hydrogen (secondary N) is 1. The first-order valence-electron chi connectivity index (χ1n) is 6.74. The minimum atomic E-state index is 0.0739. The Labute approximate surface area is 109 Å². The first kappa shape index (κ1) is 12.9. The van der Waals surface area contributed by atoms with Gasteiger partial charge in [-0.1, -0.05) is 31.2 Å². The van der Waals surface area contributed by atoms with Crippen molar-refractivity contribution in [2.24, 2.45) is 5.92 Å². The molecule has 18 heavy (non-hydrogen) atoms. The van der Waals surface area contributed by atoms with E-state index in [1.165, 1.54) is 17.5 Å². The maximum atomic E-state index is 12.0. The first-order valence-corrected chi connectivity index (χ1v) is 6.74. The van der Waals surface area contributed by atoms with E-state index in [4.69, 9.17) is 0 Å². The molecule has 3 nitrogen and oxygen atoms in total. The van der Waals surface area contributed by atoms with Gasteiger partial charge in [0.2, 0.25) is 0 Å². The number of rotatable bonds is 2. The highest BCUT2D eigenvalue weighted by molar-refractivity contribution is 5.74. The van der Waals surface area contributed by atoms with Crippen molar-refractivity contribution in [1.29, 1.82) is 0 Å². The van der Waals surface area contributed by atoms with Gasteiger partial charge < -0.3 is 10.2 Å². The van der Waals surface area contributed by atoms with Crippen molar-refractivity contribution < 1.29 is 4.79 Å². The van der Waals surface area contributed by atoms with Gasteiger partial charge >= 0.3 is 6.03 Å². The highest BCUT2D eigenvalue weighted by Gasteiger charge is 2.20. The molecule has 0 aromatic heterocycles. The second-order valence-electron chi connectivity index (χ2n) is 5.28. The summed E-state index contributed by atoms with van der Waals surface area (Å²) in [4.78, 5) is 14.0. The lowest BCUT2D eigenvalue weighted by Gasteiger charge is -2.31. The molecule has 2 amide bonds. The van der Waals surface area contributed by atoms with E-state index in [1.54, 1.807) is 0 Å². The highest BCUT2D eigenvalue weighted by Crippen LogP contribution is 2.15. The molecule has 0 spiro atoms. The molecule has 1 unspecified atom stereocenters. The first-order chi connectivity index (χ1) is 8.66. The Morgan fingerprint density at radius 2 is 2.22 bits per heavy atom. The van der Waals surface area contributed by atoms with E-state index < -0.39 is 0 Å². The minimum absolute atomic E-state index is 0.0739. The van der Waals surface area contributed by atoms with Crippen LogP contribution in [0.4, 0.5) is 4.79 Å². The van der Waals surface area contributed by atoms with Crippen molar-refractivity contribution in [3.05, 3.63) is 35.4 Å². The lowest BCUT2D eigenvalue weighted by Crippen LogP contribution is -2.44. The number of aryl methyl sites for hydroxylation is 1. The molecule has 1 aromatic rings. The second-order valence-corrected chi connectivity index (χ2v) is 5.28. The van der Waals surface area contributed by atoms with Gasteiger partial charge in [-0.2, -0.15) is 0 Å². The average molecular weight is 246 g/mol. The Kier molecular flexibility index (Phi) is 4.24.